The number of hydrogen-bond acceptors (Lipinski definition) is 5. The number of aromatic nitrogens is 2. The van der Waals surface area contributed by atoms with E-state index < -0.39 is 0 Å². The summed E-state index contributed by atoms with van der Waals surface area (Å²) in [6, 6.07) is 14.3. The van der Waals surface area contributed by atoms with Crippen molar-refractivity contribution in [1.82, 2.24) is 15.5 Å². The first-order valence-electron chi connectivity index (χ1n) is 10.2. The average molecular weight is 380 g/mol. The van der Waals surface area contributed by atoms with Gasteiger partial charge in [-0.2, -0.15) is 0 Å². The summed E-state index contributed by atoms with van der Waals surface area (Å²) >= 11 is 0. The minimum Gasteiger partial charge on any atom is -0.368 e. The quantitative estimate of drug-likeness (QED) is 0.852. The molecule has 1 saturated carbocycles. The summed E-state index contributed by atoms with van der Waals surface area (Å²) in [5, 5.41) is 14.3. The Morgan fingerprint density at radius 3 is 2.25 bits per heavy atom. The maximum Gasteiger partial charge on any atom is 0.320 e. The number of amides is 2. The molecule has 2 aliphatic rings. The number of piperazine rings is 1. The van der Waals surface area contributed by atoms with E-state index in [4.69, 9.17) is 0 Å². The molecule has 2 fully saturated rings. The molecule has 148 valence electrons. The van der Waals surface area contributed by atoms with Crippen molar-refractivity contribution >= 4 is 23.4 Å². The molecule has 2 N–H and O–H groups in total. The van der Waals surface area contributed by atoms with Gasteiger partial charge in [0.05, 0.1) is 0 Å². The van der Waals surface area contributed by atoms with E-state index in [1.165, 1.54) is 24.9 Å². The lowest BCUT2D eigenvalue weighted by molar-refractivity contribution is 0.244. The van der Waals surface area contributed by atoms with E-state index in [9.17, 15) is 4.79 Å². The van der Waals surface area contributed by atoms with Gasteiger partial charge < -0.3 is 15.1 Å². The van der Waals surface area contributed by atoms with Gasteiger partial charge in [-0.05, 0) is 37.1 Å². The van der Waals surface area contributed by atoms with Crippen LogP contribution in [0.2, 0.25) is 0 Å². The van der Waals surface area contributed by atoms with Crippen LogP contribution in [0.3, 0.4) is 0 Å². The van der Waals surface area contributed by atoms with Crippen molar-refractivity contribution in [3.05, 3.63) is 42.5 Å². The summed E-state index contributed by atoms with van der Waals surface area (Å²) in [5.74, 6) is 1.34. The van der Waals surface area contributed by atoms with Crippen LogP contribution in [0.1, 0.15) is 32.1 Å². The zero-order chi connectivity index (χ0) is 19.2. The van der Waals surface area contributed by atoms with Gasteiger partial charge in [-0.25, -0.2) is 4.79 Å². The van der Waals surface area contributed by atoms with Gasteiger partial charge in [0.25, 0.3) is 0 Å². The second-order valence-corrected chi connectivity index (χ2v) is 7.52. The Morgan fingerprint density at radius 2 is 1.57 bits per heavy atom. The van der Waals surface area contributed by atoms with Crippen LogP contribution in [-0.2, 0) is 0 Å². The van der Waals surface area contributed by atoms with E-state index in [2.05, 4.69) is 54.9 Å². The second-order valence-electron chi connectivity index (χ2n) is 7.52. The number of para-hydroxylation sites is 1. The molecule has 0 unspecified atom stereocenters. The van der Waals surface area contributed by atoms with Crippen LogP contribution >= 0.6 is 0 Å². The van der Waals surface area contributed by atoms with Crippen LogP contribution in [0, 0.1) is 0 Å². The fraction of sp³-hybridized carbons (Fsp3) is 0.476. The monoisotopic (exact) mass is 380 g/mol. The first-order chi connectivity index (χ1) is 13.8. The Bertz CT molecular complexity index is 752. The molecule has 1 aromatic heterocycles. The molecule has 0 spiro atoms. The maximum atomic E-state index is 12.1. The van der Waals surface area contributed by atoms with E-state index >= 15 is 0 Å². The minimum absolute atomic E-state index is 0.189. The normalized spacial score (nSPS) is 18.0. The number of benzene rings is 1. The number of rotatable bonds is 4. The molecule has 2 amide bonds. The van der Waals surface area contributed by atoms with Gasteiger partial charge in [0.1, 0.15) is 0 Å². The van der Waals surface area contributed by atoms with Gasteiger partial charge in [-0.1, -0.05) is 37.5 Å². The molecule has 28 heavy (non-hydrogen) atoms. The fourth-order valence-electron chi connectivity index (χ4n) is 3.98. The highest BCUT2D eigenvalue weighted by Crippen LogP contribution is 2.20. The standard InChI is InChI=1S/C21H28N6O/c28-21(22-17-7-3-1-4-8-17)23-19-11-12-20(25-24-19)27-15-13-26(14-16-27)18-9-5-2-6-10-18/h2,5-6,9-12,17H,1,3-4,7-8,13-16H2,(H2,22,23,24,28). The lowest BCUT2D eigenvalue weighted by Crippen LogP contribution is -2.46. The van der Waals surface area contributed by atoms with E-state index in [1.54, 1.807) is 0 Å². The van der Waals surface area contributed by atoms with Gasteiger partial charge >= 0.3 is 6.03 Å². The zero-order valence-corrected chi connectivity index (χ0v) is 16.2. The van der Waals surface area contributed by atoms with E-state index in [0.29, 0.717) is 5.82 Å². The predicted octanol–water partition coefficient (Wildman–Crippen LogP) is 3.26. The molecule has 0 bridgehead atoms. The van der Waals surface area contributed by atoms with Crippen LogP contribution in [0.5, 0.6) is 0 Å². The lowest BCUT2D eigenvalue weighted by atomic mass is 9.96. The van der Waals surface area contributed by atoms with Crippen LogP contribution in [0.25, 0.3) is 0 Å². The Kier molecular flexibility index (Phi) is 5.89. The summed E-state index contributed by atoms with van der Waals surface area (Å²) in [4.78, 5) is 16.8. The predicted molar refractivity (Wildman–Crippen MR) is 112 cm³/mol. The second kappa shape index (κ2) is 8.91. The number of carbonyl (C=O) groups is 1. The summed E-state index contributed by atoms with van der Waals surface area (Å²) < 4.78 is 0. The van der Waals surface area contributed by atoms with Gasteiger partial charge in [-0.3, -0.25) is 5.32 Å². The molecule has 7 heteroatoms. The highest BCUT2D eigenvalue weighted by Gasteiger charge is 2.19. The Hall–Kier alpha value is -2.83. The van der Waals surface area contributed by atoms with Crippen molar-refractivity contribution in [3.63, 3.8) is 0 Å². The topological polar surface area (TPSA) is 73.4 Å². The SMILES string of the molecule is O=C(Nc1ccc(N2CCN(c3ccccc3)CC2)nn1)NC1CCCCC1. The van der Waals surface area contributed by atoms with Crippen LogP contribution in [0.4, 0.5) is 22.1 Å². The number of carbonyl (C=O) groups excluding carboxylic acids is 1. The molecular weight excluding hydrogens is 352 g/mol. The Morgan fingerprint density at radius 1 is 0.857 bits per heavy atom. The minimum atomic E-state index is -0.189. The number of nitrogens with one attached hydrogen (secondary N) is 2. The largest absolute Gasteiger partial charge is 0.368 e. The van der Waals surface area contributed by atoms with Crippen LogP contribution in [0.15, 0.2) is 42.5 Å². The van der Waals surface area contributed by atoms with Gasteiger partial charge in [0.2, 0.25) is 0 Å². The first kappa shape index (κ1) is 18.5. The van der Waals surface area contributed by atoms with Crippen molar-refractivity contribution < 1.29 is 4.79 Å². The number of anilines is 3. The molecular formula is C21H28N6O. The molecule has 2 aromatic rings. The molecule has 7 nitrogen and oxygen atoms in total. The zero-order valence-electron chi connectivity index (χ0n) is 16.2. The highest BCUT2D eigenvalue weighted by molar-refractivity contribution is 5.88. The van der Waals surface area contributed by atoms with Crippen LogP contribution in [-0.4, -0.2) is 48.4 Å². The fourth-order valence-corrected chi connectivity index (χ4v) is 3.98. The van der Waals surface area contributed by atoms with Crippen molar-refractivity contribution in [2.45, 2.75) is 38.1 Å². The van der Waals surface area contributed by atoms with E-state index in [0.717, 1.165) is 44.8 Å². The summed E-state index contributed by atoms with van der Waals surface area (Å²) in [5.41, 5.74) is 1.26. The average Bonchev–Trinajstić information content (AvgIpc) is 2.76. The van der Waals surface area contributed by atoms with Gasteiger partial charge in [0, 0.05) is 37.9 Å². The molecule has 0 radical (unpaired) electrons. The van der Waals surface area contributed by atoms with Gasteiger partial charge in [-0.15, -0.1) is 10.2 Å². The number of hydrogen-bond donors (Lipinski definition) is 2. The molecule has 4 rings (SSSR count). The Balaban J connectivity index is 1.27. The van der Waals surface area contributed by atoms with Crippen molar-refractivity contribution in [1.29, 1.82) is 0 Å². The van der Waals surface area contributed by atoms with E-state index in [1.807, 2.05) is 18.2 Å². The number of nitrogens with zero attached hydrogens (tertiary/aromatic N) is 4. The lowest BCUT2D eigenvalue weighted by Gasteiger charge is -2.36. The highest BCUT2D eigenvalue weighted by atomic mass is 16.2. The van der Waals surface area contributed by atoms with E-state index in [-0.39, 0.29) is 12.1 Å². The molecule has 0 atom stereocenters. The van der Waals surface area contributed by atoms with Crippen molar-refractivity contribution in [2.75, 3.05) is 41.3 Å². The molecule has 2 heterocycles. The van der Waals surface area contributed by atoms with Crippen molar-refractivity contribution in [3.8, 4) is 0 Å². The first-order valence-corrected chi connectivity index (χ1v) is 10.2. The summed E-state index contributed by atoms with van der Waals surface area (Å²) in [6.45, 7) is 3.71. The van der Waals surface area contributed by atoms with Crippen molar-refractivity contribution in [2.24, 2.45) is 0 Å². The molecule has 1 aliphatic carbocycles. The maximum absolute atomic E-state index is 12.1. The third-order valence-corrected chi connectivity index (χ3v) is 5.56. The Labute approximate surface area is 166 Å². The number of urea groups is 1. The molecule has 1 saturated heterocycles. The third kappa shape index (κ3) is 4.71. The third-order valence-electron chi connectivity index (χ3n) is 5.56. The molecule has 1 aliphatic heterocycles. The smallest absolute Gasteiger partial charge is 0.320 e. The van der Waals surface area contributed by atoms with Gasteiger partial charge in [0.15, 0.2) is 11.6 Å². The van der Waals surface area contributed by atoms with Crippen LogP contribution < -0.4 is 20.4 Å². The summed E-state index contributed by atoms with van der Waals surface area (Å²) in [6.07, 6.45) is 5.78. The summed E-state index contributed by atoms with van der Waals surface area (Å²) in [7, 11) is 0. The molecule has 1 aromatic carbocycles.